The van der Waals surface area contributed by atoms with E-state index < -0.39 is 0 Å². The minimum absolute atomic E-state index is 0.0219. The molecule has 0 aliphatic carbocycles. The Labute approximate surface area is 204 Å². The largest absolute Gasteiger partial charge is 0.352 e. The lowest BCUT2D eigenvalue weighted by atomic mass is 10.2. The van der Waals surface area contributed by atoms with Gasteiger partial charge in [-0.15, -0.1) is 0 Å². The van der Waals surface area contributed by atoms with Crippen LogP contribution in [0.15, 0.2) is 60.7 Å². The van der Waals surface area contributed by atoms with Crippen molar-refractivity contribution in [3.8, 4) is 0 Å². The van der Waals surface area contributed by atoms with Gasteiger partial charge in [0.15, 0.2) is 0 Å². The van der Waals surface area contributed by atoms with E-state index in [0.29, 0.717) is 0 Å². The minimum Gasteiger partial charge on any atom is -0.352 e. The fraction of sp³-hybridized carbons (Fsp3) is 0.500. The van der Waals surface area contributed by atoms with Gasteiger partial charge in [0.05, 0.1) is 0 Å². The fourth-order valence-corrected chi connectivity index (χ4v) is 4.30. The van der Waals surface area contributed by atoms with Gasteiger partial charge < -0.3 is 20.4 Å². The van der Waals surface area contributed by atoms with Crippen molar-refractivity contribution in [2.75, 3.05) is 52.4 Å². The van der Waals surface area contributed by atoms with E-state index in [1.54, 1.807) is 0 Å². The summed E-state index contributed by atoms with van der Waals surface area (Å²) in [6, 6.07) is 18.8. The summed E-state index contributed by atoms with van der Waals surface area (Å²) >= 11 is 0. The maximum atomic E-state index is 12.0. The monoisotopic (exact) mass is 464 g/mol. The van der Waals surface area contributed by atoms with Crippen LogP contribution in [0.25, 0.3) is 0 Å². The SMILES string of the molecule is O=C(NCCCCCN1CCN(CCCCCNC(=O)c2ccccc2)CC1)c1ccccc1. The topological polar surface area (TPSA) is 64.7 Å². The number of piperazine rings is 1. The molecule has 1 aliphatic rings. The first-order valence-corrected chi connectivity index (χ1v) is 12.8. The Kier molecular flexibility index (Phi) is 11.6. The highest BCUT2D eigenvalue weighted by molar-refractivity contribution is 5.94. The van der Waals surface area contributed by atoms with E-state index in [2.05, 4.69) is 20.4 Å². The van der Waals surface area contributed by atoms with E-state index in [-0.39, 0.29) is 11.8 Å². The molecule has 2 N–H and O–H groups in total. The molecule has 0 saturated carbocycles. The molecule has 0 spiro atoms. The molecule has 1 heterocycles. The van der Waals surface area contributed by atoms with Crippen molar-refractivity contribution < 1.29 is 9.59 Å². The normalized spacial score (nSPS) is 14.6. The highest BCUT2D eigenvalue weighted by Crippen LogP contribution is 2.07. The molecule has 2 aromatic rings. The number of carbonyl (C=O) groups is 2. The number of nitrogens with zero attached hydrogens (tertiary/aromatic N) is 2. The number of amides is 2. The standard InChI is InChI=1S/C28H40N4O2/c33-27(25-13-5-1-6-14-25)29-17-9-3-11-19-31-21-23-32(24-22-31)20-12-4-10-18-30-28(34)26-15-7-2-8-16-26/h1-2,5-8,13-16H,3-4,9-12,17-24H2,(H,29,33)(H,30,34). The van der Waals surface area contributed by atoms with Crippen LogP contribution in [0.5, 0.6) is 0 Å². The smallest absolute Gasteiger partial charge is 0.251 e. The van der Waals surface area contributed by atoms with E-state index in [0.717, 1.165) is 89.2 Å². The number of hydrogen-bond acceptors (Lipinski definition) is 4. The maximum Gasteiger partial charge on any atom is 0.251 e. The van der Waals surface area contributed by atoms with E-state index in [9.17, 15) is 9.59 Å². The van der Waals surface area contributed by atoms with Crippen molar-refractivity contribution in [1.82, 2.24) is 20.4 Å². The minimum atomic E-state index is 0.0219. The quantitative estimate of drug-likeness (QED) is 0.418. The average Bonchev–Trinajstić information content (AvgIpc) is 2.89. The molecule has 3 rings (SSSR count). The lowest BCUT2D eigenvalue weighted by molar-refractivity contribution is 0.0944. The van der Waals surface area contributed by atoms with Gasteiger partial charge >= 0.3 is 0 Å². The van der Waals surface area contributed by atoms with E-state index in [4.69, 9.17) is 0 Å². The second-order valence-electron chi connectivity index (χ2n) is 9.05. The summed E-state index contributed by atoms with van der Waals surface area (Å²) in [5.74, 6) is 0.0438. The van der Waals surface area contributed by atoms with Crippen LogP contribution in [0.1, 0.15) is 59.2 Å². The summed E-state index contributed by atoms with van der Waals surface area (Å²) in [6.07, 6.45) is 6.74. The van der Waals surface area contributed by atoms with Crippen LogP contribution < -0.4 is 10.6 Å². The predicted molar refractivity (Wildman–Crippen MR) is 138 cm³/mol. The summed E-state index contributed by atoms with van der Waals surface area (Å²) in [7, 11) is 0. The lowest BCUT2D eigenvalue weighted by Gasteiger charge is -2.34. The number of unbranched alkanes of at least 4 members (excludes halogenated alkanes) is 4. The van der Waals surface area contributed by atoms with Crippen molar-refractivity contribution in [1.29, 1.82) is 0 Å². The van der Waals surface area contributed by atoms with Crippen molar-refractivity contribution in [3.63, 3.8) is 0 Å². The van der Waals surface area contributed by atoms with Crippen LogP contribution in [0, 0.1) is 0 Å². The molecule has 0 radical (unpaired) electrons. The summed E-state index contributed by atoms with van der Waals surface area (Å²) < 4.78 is 0. The highest BCUT2D eigenvalue weighted by atomic mass is 16.2. The molecule has 1 aliphatic heterocycles. The van der Waals surface area contributed by atoms with Gasteiger partial charge in [-0.05, 0) is 63.0 Å². The first-order valence-electron chi connectivity index (χ1n) is 12.8. The van der Waals surface area contributed by atoms with Crippen LogP contribution in [0.4, 0.5) is 0 Å². The van der Waals surface area contributed by atoms with Gasteiger partial charge in [-0.25, -0.2) is 0 Å². The predicted octanol–water partition coefficient (Wildman–Crippen LogP) is 3.80. The number of carbonyl (C=O) groups excluding carboxylic acids is 2. The van der Waals surface area contributed by atoms with Crippen molar-refractivity contribution in [3.05, 3.63) is 71.8 Å². The first-order chi connectivity index (χ1) is 16.7. The van der Waals surface area contributed by atoms with Crippen molar-refractivity contribution >= 4 is 11.8 Å². The van der Waals surface area contributed by atoms with Gasteiger partial charge in [0.1, 0.15) is 0 Å². The molecule has 6 nitrogen and oxygen atoms in total. The third-order valence-corrected chi connectivity index (χ3v) is 6.41. The molecule has 34 heavy (non-hydrogen) atoms. The summed E-state index contributed by atoms with van der Waals surface area (Å²) in [5, 5.41) is 6.02. The van der Waals surface area contributed by atoms with E-state index >= 15 is 0 Å². The first kappa shape index (κ1) is 25.9. The zero-order valence-corrected chi connectivity index (χ0v) is 20.4. The Balaban J connectivity index is 1.12. The molecular weight excluding hydrogens is 424 g/mol. The Morgan fingerprint density at radius 1 is 0.559 bits per heavy atom. The van der Waals surface area contributed by atoms with Gasteiger partial charge in [-0.1, -0.05) is 49.2 Å². The van der Waals surface area contributed by atoms with E-state index in [1.165, 1.54) is 12.8 Å². The number of nitrogens with one attached hydrogen (secondary N) is 2. The van der Waals surface area contributed by atoms with Crippen LogP contribution in [-0.4, -0.2) is 74.0 Å². The maximum absolute atomic E-state index is 12.0. The third kappa shape index (κ3) is 9.65. The zero-order valence-electron chi connectivity index (χ0n) is 20.4. The van der Waals surface area contributed by atoms with Crippen LogP contribution >= 0.6 is 0 Å². The number of benzene rings is 2. The lowest BCUT2D eigenvalue weighted by Crippen LogP contribution is -2.46. The van der Waals surface area contributed by atoms with Gasteiger partial charge in [0, 0.05) is 50.4 Å². The summed E-state index contributed by atoms with van der Waals surface area (Å²) in [6.45, 7) is 8.41. The zero-order chi connectivity index (χ0) is 23.8. The van der Waals surface area contributed by atoms with Crippen LogP contribution in [0.2, 0.25) is 0 Å². The highest BCUT2D eigenvalue weighted by Gasteiger charge is 2.15. The fourth-order valence-electron chi connectivity index (χ4n) is 4.30. The van der Waals surface area contributed by atoms with Crippen molar-refractivity contribution in [2.24, 2.45) is 0 Å². The number of rotatable bonds is 14. The molecule has 2 aromatic carbocycles. The third-order valence-electron chi connectivity index (χ3n) is 6.41. The molecule has 0 unspecified atom stereocenters. The Bertz CT molecular complexity index is 764. The Morgan fingerprint density at radius 2 is 0.941 bits per heavy atom. The average molecular weight is 465 g/mol. The van der Waals surface area contributed by atoms with Crippen LogP contribution in [-0.2, 0) is 0 Å². The number of hydrogen-bond donors (Lipinski definition) is 2. The molecule has 0 bridgehead atoms. The molecule has 184 valence electrons. The second-order valence-corrected chi connectivity index (χ2v) is 9.05. The summed E-state index contributed by atoms with van der Waals surface area (Å²) in [5.41, 5.74) is 1.46. The molecule has 1 fully saturated rings. The van der Waals surface area contributed by atoms with Gasteiger partial charge in [0.25, 0.3) is 11.8 Å². The molecule has 0 aromatic heterocycles. The Hall–Kier alpha value is -2.70. The Morgan fingerprint density at radius 3 is 1.32 bits per heavy atom. The molecule has 1 saturated heterocycles. The van der Waals surface area contributed by atoms with Gasteiger partial charge in [-0.3, -0.25) is 9.59 Å². The molecule has 2 amide bonds. The second kappa shape index (κ2) is 15.3. The van der Waals surface area contributed by atoms with Gasteiger partial charge in [-0.2, -0.15) is 0 Å². The molecule has 0 atom stereocenters. The molecule has 6 heteroatoms. The molecular formula is C28H40N4O2. The summed E-state index contributed by atoms with van der Waals surface area (Å²) in [4.78, 5) is 29.2. The van der Waals surface area contributed by atoms with Gasteiger partial charge in [0.2, 0.25) is 0 Å². The van der Waals surface area contributed by atoms with E-state index in [1.807, 2.05) is 60.7 Å². The van der Waals surface area contributed by atoms with Crippen molar-refractivity contribution in [2.45, 2.75) is 38.5 Å². The van der Waals surface area contributed by atoms with Crippen LogP contribution in [0.3, 0.4) is 0 Å².